The van der Waals surface area contributed by atoms with Gasteiger partial charge in [-0.25, -0.2) is 4.99 Å². The van der Waals surface area contributed by atoms with E-state index in [-0.39, 0.29) is 0 Å². The van der Waals surface area contributed by atoms with Crippen molar-refractivity contribution in [1.29, 1.82) is 0 Å². The van der Waals surface area contributed by atoms with Crippen LogP contribution in [0.2, 0.25) is 0 Å². The van der Waals surface area contributed by atoms with Crippen LogP contribution in [0.5, 0.6) is 0 Å². The Labute approximate surface area is 158 Å². The maximum Gasteiger partial charge on any atom is 0.191 e. The lowest BCUT2D eigenvalue weighted by Crippen LogP contribution is -2.46. The first-order valence-corrected chi connectivity index (χ1v) is 9.79. The highest BCUT2D eigenvalue weighted by Gasteiger charge is 2.21. The van der Waals surface area contributed by atoms with Gasteiger partial charge in [0.15, 0.2) is 5.96 Å². The number of nitrogens with one attached hydrogen (secondary N) is 2. The highest BCUT2D eigenvalue weighted by molar-refractivity contribution is 5.79. The first-order chi connectivity index (χ1) is 12.4. The SMILES string of the molecule is CCNC(=NCc1c(C)nn(C)c1C)NCCCN1CC(C)OC(C)C1. The van der Waals surface area contributed by atoms with Gasteiger partial charge in [-0.15, -0.1) is 0 Å². The molecule has 1 fully saturated rings. The summed E-state index contributed by atoms with van der Waals surface area (Å²) in [7, 11) is 1.98. The minimum Gasteiger partial charge on any atom is -0.373 e. The fourth-order valence-corrected chi connectivity index (χ4v) is 3.52. The lowest BCUT2D eigenvalue weighted by atomic mass is 10.2. The molecule has 0 amide bonds. The number of nitrogens with zero attached hydrogens (tertiary/aromatic N) is 4. The van der Waals surface area contributed by atoms with Crippen molar-refractivity contribution in [1.82, 2.24) is 25.3 Å². The molecule has 1 aliphatic heterocycles. The summed E-state index contributed by atoms with van der Waals surface area (Å²) in [6.45, 7) is 16.1. The van der Waals surface area contributed by atoms with E-state index in [1.807, 2.05) is 18.7 Å². The molecule has 2 N–H and O–H groups in total. The molecule has 7 nitrogen and oxygen atoms in total. The van der Waals surface area contributed by atoms with Crippen LogP contribution in [0, 0.1) is 13.8 Å². The van der Waals surface area contributed by atoms with E-state index in [2.05, 4.69) is 48.3 Å². The predicted molar refractivity (Wildman–Crippen MR) is 107 cm³/mol. The third kappa shape index (κ3) is 5.99. The van der Waals surface area contributed by atoms with Crippen LogP contribution in [0.3, 0.4) is 0 Å². The van der Waals surface area contributed by atoms with E-state index in [9.17, 15) is 0 Å². The fraction of sp³-hybridized carbons (Fsp3) is 0.789. The molecule has 1 aliphatic rings. The van der Waals surface area contributed by atoms with Gasteiger partial charge in [0, 0.05) is 51.0 Å². The largest absolute Gasteiger partial charge is 0.373 e. The van der Waals surface area contributed by atoms with Crippen LogP contribution in [-0.4, -0.2) is 65.6 Å². The number of aryl methyl sites for hydroxylation is 2. The Morgan fingerprint density at radius 1 is 1.23 bits per heavy atom. The molecule has 2 atom stereocenters. The molecule has 0 radical (unpaired) electrons. The monoisotopic (exact) mass is 364 g/mol. The third-order valence-electron chi connectivity index (χ3n) is 4.84. The van der Waals surface area contributed by atoms with Gasteiger partial charge >= 0.3 is 0 Å². The number of guanidine groups is 1. The summed E-state index contributed by atoms with van der Waals surface area (Å²) in [5, 5.41) is 11.2. The second-order valence-electron chi connectivity index (χ2n) is 7.27. The van der Waals surface area contributed by atoms with Crippen molar-refractivity contribution in [2.75, 3.05) is 32.7 Å². The average Bonchev–Trinajstić information content (AvgIpc) is 2.81. The van der Waals surface area contributed by atoms with Crippen LogP contribution in [0.25, 0.3) is 0 Å². The molecular weight excluding hydrogens is 328 g/mol. The van der Waals surface area contributed by atoms with Gasteiger partial charge in [0.05, 0.1) is 24.4 Å². The van der Waals surface area contributed by atoms with Gasteiger partial charge in [-0.05, 0) is 41.0 Å². The van der Waals surface area contributed by atoms with Gasteiger partial charge < -0.3 is 15.4 Å². The Bertz CT molecular complexity index is 587. The van der Waals surface area contributed by atoms with Crippen molar-refractivity contribution < 1.29 is 4.74 Å². The van der Waals surface area contributed by atoms with Crippen LogP contribution in [0.4, 0.5) is 0 Å². The molecule has 0 aromatic carbocycles. The van der Waals surface area contributed by atoms with E-state index in [0.29, 0.717) is 18.8 Å². The summed E-state index contributed by atoms with van der Waals surface area (Å²) >= 11 is 0. The van der Waals surface area contributed by atoms with E-state index >= 15 is 0 Å². The molecule has 0 spiro atoms. The van der Waals surface area contributed by atoms with Crippen molar-refractivity contribution >= 4 is 5.96 Å². The van der Waals surface area contributed by atoms with Crippen LogP contribution >= 0.6 is 0 Å². The van der Waals surface area contributed by atoms with Crippen LogP contribution in [0.1, 0.15) is 44.1 Å². The number of hydrogen-bond acceptors (Lipinski definition) is 4. The van der Waals surface area contributed by atoms with Gasteiger partial charge in [-0.2, -0.15) is 5.10 Å². The quantitative estimate of drug-likeness (QED) is 0.437. The van der Waals surface area contributed by atoms with E-state index in [1.165, 1.54) is 11.3 Å². The van der Waals surface area contributed by atoms with Crippen LogP contribution in [0.15, 0.2) is 4.99 Å². The molecule has 2 unspecified atom stereocenters. The zero-order valence-corrected chi connectivity index (χ0v) is 17.3. The normalized spacial score (nSPS) is 21.8. The van der Waals surface area contributed by atoms with Gasteiger partial charge in [-0.1, -0.05) is 0 Å². The van der Waals surface area contributed by atoms with Crippen molar-refractivity contribution in [2.24, 2.45) is 12.0 Å². The Morgan fingerprint density at radius 3 is 2.50 bits per heavy atom. The number of aromatic nitrogens is 2. The van der Waals surface area contributed by atoms with Crippen LogP contribution < -0.4 is 10.6 Å². The molecule has 0 aliphatic carbocycles. The number of morpholine rings is 1. The number of ether oxygens (including phenoxy) is 1. The molecule has 26 heavy (non-hydrogen) atoms. The second kappa shape index (κ2) is 9.92. The predicted octanol–water partition coefficient (Wildman–Crippen LogP) is 1.59. The molecule has 2 rings (SSSR count). The summed E-state index contributed by atoms with van der Waals surface area (Å²) in [5.41, 5.74) is 3.44. The number of hydrogen-bond donors (Lipinski definition) is 2. The first kappa shape index (κ1) is 20.7. The first-order valence-electron chi connectivity index (χ1n) is 9.79. The lowest BCUT2D eigenvalue weighted by Gasteiger charge is -2.35. The molecule has 0 saturated carbocycles. The zero-order valence-electron chi connectivity index (χ0n) is 17.3. The molecule has 0 bridgehead atoms. The molecule has 2 heterocycles. The molecule has 148 valence electrons. The summed E-state index contributed by atoms with van der Waals surface area (Å²) < 4.78 is 7.72. The topological polar surface area (TPSA) is 66.7 Å². The fourth-order valence-electron chi connectivity index (χ4n) is 3.52. The van der Waals surface area contributed by atoms with Gasteiger partial charge in [-0.3, -0.25) is 9.58 Å². The minimum atomic E-state index is 0.330. The summed E-state index contributed by atoms with van der Waals surface area (Å²) in [5.74, 6) is 0.874. The van der Waals surface area contributed by atoms with Crippen LogP contribution in [-0.2, 0) is 18.3 Å². The minimum absolute atomic E-state index is 0.330. The van der Waals surface area contributed by atoms with E-state index in [4.69, 9.17) is 9.73 Å². The van der Waals surface area contributed by atoms with Gasteiger partial charge in [0.25, 0.3) is 0 Å². The average molecular weight is 365 g/mol. The van der Waals surface area contributed by atoms with E-state index in [1.54, 1.807) is 0 Å². The standard InChI is InChI=1S/C19H36N6O/c1-7-20-19(22-11-18-16(4)23-24(6)17(18)5)21-9-8-10-25-12-14(2)26-15(3)13-25/h14-15H,7-13H2,1-6H3,(H2,20,21,22). The molecule has 1 aromatic heterocycles. The van der Waals surface area contributed by atoms with E-state index in [0.717, 1.165) is 50.8 Å². The van der Waals surface area contributed by atoms with Crippen molar-refractivity contribution in [3.63, 3.8) is 0 Å². The van der Waals surface area contributed by atoms with E-state index < -0.39 is 0 Å². The maximum atomic E-state index is 5.79. The summed E-state index contributed by atoms with van der Waals surface area (Å²) in [4.78, 5) is 7.23. The van der Waals surface area contributed by atoms with Crippen molar-refractivity contribution in [3.8, 4) is 0 Å². The van der Waals surface area contributed by atoms with Gasteiger partial charge in [0.1, 0.15) is 0 Å². The Kier molecular flexibility index (Phi) is 7.90. The molecule has 1 saturated heterocycles. The van der Waals surface area contributed by atoms with Crippen molar-refractivity contribution in [2.45, 2.75) is 59.8 Å². The maximum absolute atomic E-state index is 5.79. The highest BCUT2D eigenvalue weighted by Crippen LogP contribution is 2.13. The molecule has 1 aromatic rings. The van der Waals surface area contributed by atoms with Gasteiger partial charge in [0.2, 0.25) is 0 Å². The summed E-state index contributed by atoms with van der Waals surface area (Å²) in [6, 6.07) is 0. The Balaban J connectivity index is 1.80. The molecule has 7 heteroatoms. The summed E-state index contributed by atoms with van der Waals surface area (Å²) in [6.07, 6.45) is 1.75. The highest BCUT2D eigenvalue weighted by atomic mass is 16.5. The Morgan fingerprint density at radius 2 is 1.92 bits per heavy atom. The lowest BCUT2D eigenvalue weighted by molar-refractivity contribution is -0.0679. The second-order valence-corrected chi connectivity index (χ2v) is 7.27. The number of aliphatic imine (C=N–C) groups is 1. The third-order valence-corrected chi connectivity index (χ3v) is 4.84. The molecular formula is C19H36N6O. The zero-order chi connectivity index (χ0) is 19.1. The Hall–Kier alpha value is -1.60. The smallest absolute Gasteiger partial charge is 0.191 e. The number of rotatable bonds is 7. The van der Waals surface area contributed by atoms with Crippen molar-refractivity contribution in [3.05, 3.63) is 17.0 Å².